The number of pyridine rings is 1. The molecular formula is C11H8BrN3S. The van der Waals surface area contributed by atoms with E-state index in [1.54, 1.807) is 11.3 Å². The summed E-state index contributed by atoms with van der Waals surface area (Å²) in [5, 5.41) is 10.4. The first-order valence-corrected chi connectivity index (χ1v) is 6.52. The number of hydrogen-bond acceptors (Lipinski definition) is 3. The minimum absolute atomic E-state index is 0.834. The Labute approximate surface area is 105 Å². The minimum atomic E-state index is 0.834. The van der Waals surface area contributed by atoms with Crippen molar-refractivity contribution in [1.29, 1.82) is 0 Å². The third-order valence-electron chi connectivity index (χ3n) is 2.36. The van der Waals surface area contributed by atoms with E-state index in [1.807, 2.05) is 22.7 Å². The lowest BCUT2D eigenvalue weighted by Crippen LogP contribution is -1.94. The van der Waals surface area contributed by atoms with Gasteiger partial charge < -0.3 is 0 Å². The summed E-state index contributed by atoms with van der Waals surface area (Å²) in [5.41, 5.74) is 0.876. The van der Waals surface area contributed by atoms with Gasteiger partial charge in [-0.15, -0.1) is 21.5 Å². The monoisotopic (exact) mass is 293 g/mol. The van der Waals surface area contributed by atoms with E-state index >= 15 is 0 Å². The average molecular weight is 294 g/mol. The number of halogens is 1. The molecule has 0 aromatic carbocycles. The molecule has 0 aliphatic rings. The highest BCUT2D eigenvalue weighted by atomic mass is 79.9. The number of fused-ring (bicyclic) bond motifs is 1. The van der Waals surface area contributed by atoms with Gasteiger partial charge in [-0.3, -0.25) is 4.40 Å². The van der Waals surface area contributed by atoms with Crippen molar-refractivity contribution in [3.63, 3.8) is 0 Å². The minimum Gasteiger partial charge on any atom is -0.286 e. The zero-order chi connectivity index (χ0) is 11.0. The Hall–Kier alpha value is -1.20. The molecule has 0 bridgehead atoms. The average Bonchev–Trinajstić information content (AvgIpc) is 2.89. The van der Waals surface area contributed by atoms with E-state index in [-0.39, 0.29) is 0 Å². The van der Waals surface area contributed by atoms with E-state index in [1.165, 1.54) is 4.88 Å². The van der Waals surface area contributed by atoms with Crippen molar-refractivity contribution in [3.8, 4) is 0 Å². The normalized spacial score (nSPS) is 11.1. The molecule has 3 rings (SSSR count). The summed E-state index contributed by atoms with van der Waals surface area (Å²) < 4.78 is 3.04. The third-order valence-corrected chi connectivity index (χ3v) is 3.72. The van der Waals surface area contributed by atoms with Crippen molar-refractivity contribution < 1.29 is 0 Å². The van der Waals surface area contributed by atoms with Crippen LogP contribution in [0.15, 0.2) is 40.3 Å². The van der Waals surface area contributed by atoms with Gasteiger partial charge in [0.25, 0.3) is 0 Å². The second kappa shape index (κ2) is 3.99. The highest BCUT2D eigenvalue weighted by Crippen LogP contribution is 2.16. The van der Waals surface area contributed by atoms with Gasteiger partial charge in [0.05, 0.1) is 0 Å². The van der Waals surface area contributed by atoms with Crippen LogP contribution in [0.2, 0.25) is 0 Å². The van der Waals surface area contributed by atoms with Gasteiger partial charge in [0, 0.05) is 22.0 Å². The largest absolute Gasteiger partial charge is 0.286 e. The maximum atomic E-state index is 4.21. The Kier molecular flexibility index (Phi) is 2.49. The number of rotatable bonds is 2. The molecule has 3 aromatic heterocycles. The van der Waals surface area contributed by atoms with Gasteiger partial charge in [-0.05, 0) is 23.6 Å². The molecule has 3 nitrogen and oxygen atoms in total. The summed E-state index contributed by atoms with van der Waals surface area (Å²) in [6, 6.07) is 8.13. The maximum absolute atomic E-state index is 4.21. The molecular weight excluding hydrogens is 286 g/mol. The molecule has 0 radical (unpaired) electrons. The molecule has 0 amide bonds. The van der Waals surface area contributed by atoms with Crippen molar-refractivity contribution in [1.82, 2.24) is 14.6 Å². The number of aromatic nitrogens is 3. The zero-order valence-corrected chi connectivity index (χ0v) is 10.7. The van der Waals surface area contributed by atoms with Crippen LogP contribution in [0.1, 0.15) is 10.7 Å². The van der Waals surface area contributed by atoms with Gasteiger partial charge in [0.15, 0.2) is 5.65 Å². The Morgan fingerprint density at radius 2 is 2.25 bits per heavy atom. The van der Waals surface area contributed by atoms with Crippen LogP contribution in [0, 0.1) is 0 Å². The van der Waals surface area contributed by atoms with Crippen molar-refractivity contribution in [2.24, 2.45) is 0 Å². The topological polar surface area (TPSA) is 30.2 Å². The van der Waals surface area contributed by atoms with Crippen LogP contribution in [0.5, 0.6) is 0 Å². The molecule has 3 heterocycles. The van der Waals surface area contributed by atoms with Crippen molar-refractivity contribution in [2.45, 2.75) is 6.42 Å². The summed E-state index contributed by atoms with van der Waals surface area (Å²) in [4.78, 5) is 1.30. The van der Waals surface area contributed by atoms with Crippen LogP contribution in [-0.4, -0.2) is 14.6 Å². The standard InChI is InChI=1S/C11H8BrN3S/c12-8-3-4-15-10(6-8)13-14-11(15)7-9-2-1-5-16-9/h1-6H,7H2. The summed E-state index contributed by atoms with van der Waals surface area (Å²) in [7, 11) is 0. The number of hydrogen-bond donors (Lipinski definition) is 0. The van der Waals surface area contributed by atoms with Crippen LogP contribution in [-0.2, 0) is 6.42 Å². The van der Waals surface area contributed by atoms with Gasteiger partial charge in [-0.2, -0.15) is 0 Å². The third kappa shape index (κ3) is 1.76. The Morgan fingerprint density at radius 1 is 1.31 bits per heavy atom. The molecule has 0 N–H and O–H groups in total. The molecule has 80 valence electrons. The zero-order valence-electron chi connectivity index (χ0n) is 8.30. The fourth-order valence-electron chi connectivity index (χ4n) is 1.61. The number of nitrogens with zero attached hydrogens (tertiary/aromatic N) is 3. The predicted molar refractivity (Wildman–Crippen MR) is 67.8 cm³/mol. The second-order valence-corrected chi connectivity index (χ2v) is 5.39. The van der Waals surface area contributed by atoms with E-state index in [0.717, 1.165) is 22.4 Å². The Morgan fingerprint density at radius 3 is 3.06 bits per heavy atom. The summed E-state index contributed by atoms with van der Waals surface area (Å²) in [5.74, 6) is 0.977. The van der Waals surface area contributed by atoms with Crippen LogP contribution >= 0.6 is 27.3 Å². The van der Waals surface area contributed by atoms with E-state index in [4.69, 9.17) is 0 Å². The molecule has 0 saturated carbocycles. The molecule has 3 aromatic rings. The summed E-state index contributed by atoms with van der Waals surface area (Å²) >= 11 is 5.17. The lowest BCUT2D eigenvalue weighted by Gasteiger charge is -1.97. The SMILES string of the molecule is Brc1ccn2c(Cc3cccs3)nnc2c1. The fourth-order valence-corrected chi connectivity index (χ4v) is 2.63. The van der Waals surface area contributed by atoms with Crippen molar-refractivity contribution in [2.75, 3.05) is 0 Å². The first-order valence-electron chi connectivity index (χ1n) is 4.84. The van der Waals surface area contributed by atoms with Gasteiger partial charge >= 0.3 is 0 Å². The van der Waals surface area contributed by atoms with E-state index < -0.39 is 0 Å². The molecule has 0 saturated heterocycles. The molecule has 16 heavy (non-hydrogen) atoms. The van der Waals surface area contributed by atoms with Crippen LogP contribution in [0.4, 0.5) is 0 Å². The van der Waals surface area contributed by atoms with Crippen molar-refractivity contribution >= 4 is 32.9 Å². The molecule has 0 atom stereocenters. The van der Waals surface area contributed by atoms with Crippen LogP contribution in [0.25, 0.3) is 5.65 Å². The lowest BCUT2D eigenvalue weighted by molar-refractivity contribution is 0.944. The highest BCUT2D eigenvalue weighted by molar-refractivity contribution is 9.10. The van der Waals surface area contributed by atoms with Crippen LogP contribution in [0.3, 0.4) is 0 Å². The van der Waals surface area contributed by atoms with E-state index in [9.17, 15) is 0 Å². The predicted octanol–water partition coefficient (Wildman–Crippen LogP) is 3.14. The van der Waals surface area contributed by atoms with Gasteiger partial charge in [-0.25, -0.2) is 0 Å². The maximum Gasteiger partial charge on any atom is 0.161 e. The van der Waals surface area contributed by atoms with E-state index in [2.05, 4.69) is 43.6 Å². The van der Waals surface area contributed by atoms with Gasteiger partial charge in [0.1, 0.15) is 5.82 Å². The molecule has 0 unspecified atom stereocenters. The quantitative estimate of drug-likeness (QED) is 0.727. The number of thiophene rings is 1. The smallest absolute Gasteiger partial charge is 0.161 e. The lowest BCUT2D eigenvalue weighted by atomic mass is 10.3. The molecule has 0 spiro atoms. The fraction of sp³-hybridized carbons (Fsp3) is 0.0909. The second-order valence-electron chi connectivity index (χ2n) is 3.45. The van der Waals surface area contributed by atoms with Crippen molar-refractivity contribution in [3.05, 3.63) is 51.0 Å². The first kappa shape index (κ1) is 9.99. The van der Waals surface area contributed by atoms with Crippen LogP contribution < -0.4 is 0 Å². The Bertz CT molecular complexity index is 615. The summed E-state index contributed by atoms with van der Waals surface area (Å²) in [6.07, 6.45) is 2.82. The molecule has 0 aliphatic carbocycles. The van der Waals surface area contributed by atoms with Gasteiger partial charge in [0.2, 0.25) is 0 Å². The first-order chi connectivity index (χ1) is 7.83. The Balaban J connectivity index is 2.04. The molecule has 5 heteroatoms. The molecule has 0 aliphatic heterocycles. The molecule has 0 fully saturated rings. The highest BCUT2D eigenvalue weighted by Gasteiger charge is 2.06. The summed E-state index contributed by atoms with van der Waals surface area (Å²) in [6.45, 7) is 0. The van der Waals surface area contributed by atoms with Gasteiger partial charge in [-0.1, -0.05) is 22.0 Å². The van der Waals surface area contributed by atoms with E-state index in [0.29, 0.717) is 0 Å².